The van der Waals surface area contributed by atoms with Crippen LogP contribution in [0.2, 0.25) is 0 Å². The smallest absolute Gasteiger partial charge is 0.308 e. The molecule has 6 nitrogen and oxygen atoms in total. The molecule has 1 atom stereocenters. The number of carboxylic acids is 1. The third-order valence-electron chi connectivity index (χ3n) is 2.84. The molecular formula is C13H20N2O4S. The third-order valence-corrected chi connectivity index (χ3v) is 3.74. The molecule has 0 aliphatic rings. The minimum absolute atomic E-state index is 0.0541. The Kier molecular flexibility index (Phi) is 6.57. The number of carbonyl (C=O) groups excluding carboxylic acids is 1. The molecule has 0 fully saturated rings. The van der Waals surface area contributed by atoms with Gasteiger partial charge in [-0.2, -0.15) is 11.8 Å². The van der Waals surface area contributed by atoms with Gasteiger partial charge in [-0.05, 0) is 11.7 Å². The van der Waals surface area contributed by atoms with Crippen LogP contribution in [0.15, 0.2) is 10.6 Å². The predicted octanol–water partition coefficient (Wildman–Crippen LogP) is 2.01. The normalized spacial score (nSPS) is 12.4. The maximum atomic E-state index is 11.8. The largest absolute Gasteiger partial charge is 0.481 e. The maximum Gasteiger partial charge on any atom is 0.308 e. The van der Waals surface area contributed by atoms with Crippen LogP contribution in [0.3, 0.4) is 0 Å². The van der Waals surface area contributed by atoms with E-state index in [1.54, 1.807) is 31.7 Å². The van der Waals surface area contributed by atoms with Crippen LogP contribution in [0, 0.1) is 11.8 Å². The lowest BCUT2D eigenvalue weighted by Crippen LogP contribution is -2.35. The fraction of sp³-hybridized carbons (Fsp3) is 0.615. The molecule has 0 aliphatic carbocycles. The second kappa shape index (κ2) is 7.94. The van der Waals surface area contributed by atoms with E-state index in [4.69, 9.17) is 9.63 Å². The van der Waals surface area contributed by atoms with Gasteiger partial charge in [-0.25, -0.2) is 0 Å². The molecule has 0 aliphatic heterocycles. The molecule has 0 spiro atoms. The van der Waals surface area contributed by atoms with Crippen molar-refractivity contribution in [2.45, 2.75) is 26.5 Å². The molecule has 1 aromatic rings. The highest BCUT2D eigenvalue weighted by Gasteiger charge is 2.23. The summed E-state index contributed by atoms with van der Waals surface area (Å²) < 4.78 is 5.04. The summed E-state index contributed by atoms with van der Waals surface area (Å²) in [6.07, 6.45) is 0. The molecule has 1 rings (SSSR count). The van der Waals surface area contributed by atoms with Gasteiger partial charge in [-0.1, -0.05) is 25.9 Å². The van der Waals surface area contributed by atoms with Crippen molar-refractivity contribution in [3.05, 3.63) is 17.5 Å². The Bertz CT molecular complexity index is 459. The summed E-state index contributed by atoms with van der Waals surface area (Å²) in [6, 6.07) is 1.59. The van der Waals surface area contributed by atoms with E-state index < -0.39 is 17.8 Å². The second-order valence-corrected chi connectivity index (χ2v) is 5.99. The third kappa shape index (κ3) is 4.88. The fourth-order valence-corrected chi connectivity index (χ4v) is 2.13. The molecule has 0 radical (unpaired) electrons. The van der Waals surface area contributed by atoms with Gasteiger partial charge in [0.15, 0.2) is 5.69 Å². The first-order valence-electron chi connectivity index (χ1n) is 6.50. The van der Waals surface area contributed by atoms with Crippen LogP contribution in [-0.2, 0) is 10.5 Å². The summed E-state index contributed by atoms with van der Waals surface area (Å²) in [4.78, 5) is 22.9. The summed E-state index contributed by atoms with van der Waals surface area (Å²) in [5, 5.41) is 15.3. The van der Waals surface area contributed by atoms with E-state index >= 15 is 0 Å². The Morgan fingerprint density at radius 1 is 1.50 bits per heavy atom. The van der Waals surface area contributed by atoms with Gasteiger partial charge in [0.25, 0.3) is 5.91 Å². The van der Waals surface area contributed by atoms with Crippen molar-refractivity contribution in [2.24, 2.45) is 11.8 Å². The number of carboxylic acid groups (broad SMARTS) is 1. The molecular weight excluding hydrogens is 280 g/mol. The SMILES string of the molecule is CCSCc1cc(C(=O)NCC(C(=O)O)C(C)C)no1. The van der Waals surface area contributed by atoms with Crippen molar-refractivity contribution in [1.29, 1.82) is 0 Å². The number of aliphatic carboxylic acids is 1. The van der Waals surface area contributed by atoms with Gasteiger partial charge >= 0.3 is 5.97 Å². The van der Waals surface area contributed by atoms with Crippen molar-refractivity contribution >= 4 is 23.6 Å². The average Bonchev–Trinajstić information content (AvgIpc) is 2.84. The topological polar surface area (TPSA) is 92.4 Å². The van der Waals surface area contributed by atoms with E-state index in [1.165, 1.54) is 0 Å². The first-order chi connectivity index (χ1) is 9.45. The van der Waals surface area contributed by atoms with Crippen LogP contribution in [0.1, 0.15) is 37.0 Å². The van der Waals surface area contributed by atoms with Gasteiger partial charge in [-0.3, -0.25) is 9.59 Å². The van der Waals surface area contributed by atoms with Gasteiger partial charge in [-0.15, -0.1) is 0 Å². The number of rotatable bonds is 8. The Morgan fingerprint density at radius 3 is 2.75 bits per heavy atom. The van der Waals surface area contributed by atoms with Crippen LogP contribution in [0.4, 0.5) is 0 Å². The highest BCUT2D eigenvalue weighted by atomic mass is 32.2. The molecule has 0 saturated carbocycles. The molecule has 0 saturated heterocycles. The molecule has 0 bridgehead atoms. The van der Waals surface area contributed by atoms with Crippen LogP contribution in [0.25, 0.3) is 0 Å². The number of amides is 1. The lowest BCUT2D eigenvalue weighted by atomic mass is 9.96. The Morgan fingerprint density at radius 2 is 2.20 bits per heavy atom. The number of hydrogen-bond donors (Lipinski definition) is 2. The summed E-state index contributed by atoms with van der Waals surface area (Å²) in [5.74, 6) is 0.273. The van der Waals surface area contributed by atoms with Gasteiger partial charge in [0.2, 0.25) is 0 Å². The number of carbonyl (C=O) groups is 2. The van der Waals surface area contributed by atoms with E-state index in [9.17, 15) is 9.59 Å². The number of nitrogens with zero attached hydrogens (tertiary/aromatic N) is 1. The quantitative estimate of drug-likeness (QED) is 0.763. The van der Waals surface area contributed by atoms with Crippen LogP contribution < -0.4 is 5.32 Å². The zero-order valence-corrected chi connectivity index (χ0v) is 12.7. The molecule has 7 heteroatoms. The summed E-state index contributed by atoms with van der Waals surface area (Å²) in [6.45, 7) is 5.73. The Balaban J connectivity index is 2.53. The van der Waals surface area contributed by atoms with Crippen molar-refractivity contribution in [3.8, 4) is 0 Å². The van der Waals surface area contributed by atoms with E-state index in [0.717, 1.165) is 5.75 Å². The first kappa shape index (κ1) is 16.6. The molecule has 0 aromatic carbocycles. The molecule has 1 amide bonds. The lowest BCUT2D eigenvalue weighted by molar-refractivity contribution is -0.142. The van der Waals surface area contributed by atoms with Crippen LogP contribution >= 0.6 is 11.8 Å². The van der Waals surface area contributed by atoms with Gasteiger partial charge in [0.1, 0.15) is 5.76 Å². The molecule has 2 N–H and O–H groups in total. The fourth-order valence-electron chi connectivity index (χ4n) is 1.59. The highest BCUT2D eigenvalue weighted by Crippen LogP contribution is 2.13. The molecule has 1 heterocycles. The zero-order valence-electron chi connectivity index (χ0n) is 11.9. The molecule has 1 unspecified atom stereocenters. The van der Waals surface area contributed by atoms with Crippen molar-refractivity contribution in [1.82, 2.24) is 10.5 Å². The highest BCUT2D eigenvalue weighted by molar-refractivity contribution is 7.98. The maximum absolute atomic E-state index is 11.8. The summed E-state index contributed by atoms with van der Waals surface area (Å²) in [7, 11) is 0. The average molecular weight is 300 g/mol. The van der Waals surface area contributed by atoms with Gasteiger partial charge < -0.3 is 14.9 Å². The number of nitrogens with one attached hydrogen (secondary N) is 1. The molecule has 112 valence electrons. The minimum atomic E-state index is -0.916. The lowest BCUT2D eigenvalue weighted by Gasteiger charge is -2.16. The predicted molar refractivity (Wildman–Crippen MR) is 76.6 cm³/mol. The van der Waals surface area contributed by atoms with Gasteiger partial charge in [0, 0.05) is 12.6 Å². The molecule has 20 heavy (non-hydrogen) atoms. The first-order valence-corrected chi connectivity index (χ1v) is 7.65. The Hall–Kier alpha value is -1.50. The molecule has 1 aromatic heterocycles. The van der Waals surface area contributed by atoms with Gasteiger partial charge in [0.05, 0.1) is 11.7 Å². The van der Waals surface area contributed by atoms with Crippen LogP contribution in [-0.4, -0.2) is 34.4 Å². The number of hydrogen-bond acceptors (Lipinski definition) is 5. The second-order valence-electron chi connectivity index (χ2n) is 4.71. The summed E-state index contributed by atoms with van der Waals surface area (Å²) >= 11 is 1.67. The van der Waals surface area contributed by atoms with Crippen molar-refractivity contribution < 1.29 is 19.2 Å². The van der Waals surface area contributed by atoms with Crippen molar-refractivity contribution in [2.75, 3.05) is 12.3 Å². The van der Waals surface area contributed by atoms with E-state index in [1.807, 2.05) is 6.92 Å². The minimum Gasteiger partial charge on any atom is -0.481 e. The monoisotopic (exact) mass is 300 g/mol. The van der Waals surface area contributed by atoms with E-state index in [-0.39, 0.29) is 18.2 Å². The number of thioether (sulfide) groups is 1. The van der Waals surface area contributed by atoms with Crippen molar-refractivity contribution in [3.63, 3.8) is 0 Å². The Labute approximate surface area is 122 Å². The summed E-state index contributed by atoms with van der Waals surface area (Å²) in [5.41, 5.74) is 0.185. The van der Waals surface area contributed by atoms with E-state index in [0.29, 0.717) is 11.5 Å². The van der Waals surface area contributed by atoms with Crippen LogP contribution in [0.5, 0.6) is 0 Å². The standard InChI is InChI=1S/C13H20N2O4S/c1-4-20-7-9-5-11(15-19-9)12(16)14-6-10(8(2)3)13(17)18/h5,8,10H,4,6-7H2,1-3H3,(H,14,16)(H,17,18). The van der Waals surface area contributed by atoms with E-state index in [2.05, 4.69) is 10.5 Å². The number of aromatic nitrogens is 1. The zero-order chi connectivity index (χ0) is 15.1.